The van der Waals surface area contributed by atoms with Crippen molar-refractivity contribution in [3.8, 4) is 22.8 Å². The van der Waals surface area contributed by atoms with E-state index in [2.05, 4.69) is 15.3 Å². The van der Waals surface area contributed by atoms with Crippen LogP contribution >= 0.6 is 0 Å². The first-order valence-electron chi connectivity index (χ1n) is 9.60. The number of fused-ring (bicyclic) bond motifs is 1. The van der Waals surface area contributed by atoms with Crippen LogP contribution < -0.4 is 14.8 Å². The average molecular weight is 399 g/mol. The molecule has 6 heteroatoms. The van der Waals surface area contributed by atoms with Crippen molar-refractivity contribution in [3.63, 3.8) is 0 Å². The molecular formula is C24H21N3O3. The maximum Gasteiger partial charge on any atom is 0.252 e. The molecule has 4 rings (SSSR count). The molecule has 0 aliphatic rings. The Balaban J connectivity index is 1.51. The predicted molar refractivity (Wildman–Crippen MR) is 116 cm³/mol. The zero-order chi connectivity index (χ0) is 20.8. The van der Waals surface area contributed by atoms with Crippen molar-refractivity contribution in [2.75, 3.05) is 20.3 Å². The highest BCUT2D eigenvalue weighted by atomic mass is 16.5. The SMILES string of the molecule is COc1ccccc1OCCNC(=O)c1cc(-c2cccnc2)nc2ccccc12. The van der Waals surface area contributed by atoms with Crippen molar-refractivity contribution < 1.29 is 14.3 Å². The Bertz CT molecular complexity index is 1160. The Morgan fingerprint density at radius 1 is 1.00 bits per heavy atom. The molecule has 0 fully saturated rings. The molecule has 0 spiro atoms. The Kier molecular flexibility index (Phi) is 5.85. The van der Waals surface area contributed by atoms with E-state index >= 15 is 0 Å². The van der Waals surface area contributed by atoms with Crippen molar-refractivity contribution in [1.29, 1.82) is 0 Å². The van der Waals surface area contributed by atoms with E-state index in [0.717, 1.165) is 16.5 Å². The molecular weight excluding hydrogens is 378 g/mol. The van der Waals surface area contributed by atoms with E-state index in [1.807, 2.05) is 60.7 Å². The molecule has 1 N–H and O–H groups in total. The first-order valence-corrected chi connectivity index (χ1v) is 9.60. The van der Waals surface area contributed by atoms with Crippen LogP contribution in [0.15, 0.2) is 79.1 Å². The largest absolute Gasteiger partial charge is 0.493 e. The number of para-hydroxylation sites is 3. The van der Waals surface area contributed by atoms with Crippen LogP contribution in [0.25, 0.3) is 22.2 Å². The summed E-state index contributed by atoms with van der Waals surface area (Å²) in [7, 11) is 1.60. The van der Waals surface area contributed by atoms with Gasteiger partial charge in [-0.2, -0.15) is 0 Å². The second-order valence-corrected chi connectivity index (χ2v) is 6.57. The number of methoxy groups -OCH3 is 1. The van der Waals surface area contributed by atoms with E-state index in [1.54, 1.807) is 25.6 Å². The van der Waals surface area contributed by atoms with Gasteiger partial charge in [-0.3, -0.25) is 9.78 Å². The number of hydrogen-bond donors (Lipinski definition) is 1. The highest BCUT2D eigenvalue weighted by molar-refractivity contribution is 6.07. The minimum atomic E-state index is -0.178. The molecule has 6 nitrogen and oxygen atoms in total. The standard InChI is InChI=1S/C24H21N3O3/c1-29-22-10-4-5-11-23(22)30-14-13-26-24(28)19-15-21(17-7-6-12-25-16-17)27-20-9-3-2-8-18(19)20/h2-12,15-16H,13-14H2,1H3,(H,26,28). The van der Waals surface area contributed by atoms with Crippen LogP contribution in [0.2, 0.25) is 0 Å². The summed E-state index contributed by atoms with van der Waals surface area (Å²) in [5, 5.41) is 3.73. The van der Waals surface area contributed by atoms with Crippen LogP contribution in [0.4, 0.5) is 0 Å². The van der Waals surface area contributed by atoms with Gasteiger partial charge in [0, 0.05) is 23.3 Å². The number of hydrogen-bond acceptors (Lipinski definition) is 5. The molecule has 2 aromatic heterocycles. The molecule has 0 saturated heterocycles. The summed E-state index contributed by atoms with van der Waals surface area (Å²) in [5.74, 6) is 1.12. The Hall–Kier alpha value is -3.93. The van der Waals surface area contributed by atoms with Gasteiger partial charge in [0.15, 0.2) is 11.5 Å². The van der Waals surface area contributed by atoms with E-state index in [1.165, 1.54) is 0 Å². The zero-order valence-electron chi connectivity index (χ0n) is 16.5. The third-order valence-electron chi connectivity index (χ3n) is 4.63. The van der Waals surface area contributed by atoms with Crippen LogP contribution in [-0.4, -0.2) is 36.1 Å². The monoisotopic (exact) mass is 399 g/mol. The summed E-state index contributed by atoms with van der Waals surface area (Å²) in [6.45, 7) is 0.681. The molecule has 0 atom stereocenters. The first kappa shape index (κ1) is 19.4. The molecule has 0 bridgehead atoms. The molecule has 0 aliphatic carbocycles. The summed E-state index contributed by atoms with van der Waals surface area (Å²) in [4.78, 5) is 21.8. The van der Waals surface area contributed by atoms with Gasteiger partial charge in [0.1, 0.15) is 6.61 Å². The lowest BCUT2D eigenvalue weighted by molar-refractivity contribution is 0.0948. The number of nitrogens with zero attached hydrogens (tertiary/aromatic N) is 2. The van der Waals surface area contributed by atoms with Gasteiger partial charge in [0.25, 0.3) is 5.91 Å². The number of ether oxygens (including phenoxy) is 2. The van der Waals surface area contributed by atoms with Crippen LogP contribution in [-0.2, 0) is 0 Å². The van der Waals surface area contributed by atoms with E-state index in [4.69, 9.17) is 9.47 Å². The van der Waals surface area contributed by atoms with Gasteiger partial charge in [0.2, 0.25) is 0 Å². The molecule has 4 aromatic rings. The van der Waals surface area contributed by atoms with Gasteiger partial charge >= 0.3 is 0 Å². The summed E-state index contributed by atoms with van der Waals surface area (Å²) in [6.07, 6.45) is 3.44. The van der Waals surface area contributed by atoms with Crippen LogP contribution in [0.3, 0.4) is 0 Å². The zero-order valence-corrected chi connectivity index (χ0v) is 16.5. The van der Waals surface area contributed by atoms with Crippen molar-refractivity contribution in [1.82, 2.24) is 15.3 Å². The highest BCUT2D eigenvalue weighted by Crippen LogP contribution is 2.26. The highest BCUT2D eigenvalue weighted by Gasteiger charge is 2.14. The normalized spacial score (nSPS) is 10.6. The Labute approximate surface area is 174 Å². The fourth-order valence-corrected chi connectivity index (χ4v) is 3.18. The summed E-state index contributed by atoms with van der Waals surface area (Å²) < 4.78 is 11.0. The number of pyridine rings is 2. The molecule has 0 aliphatic heterocycles. The van der Waals surface area contributed by atoms with E-state index in [0.29, 0.717) is 35.9 Å². The fraction of sp³-hybridized carbons (Fsp3) is 0.125. The Morgan fingerprint density at radius 3 is 2.60 bits per heavy atom. The number of nitrogens with one attached hydrogen (secondary N) is 1. The molecule has 150 valence electrons. The molecule has 0 radical (unpaired) electrons. The molecule has 2 heterocycles. The maximum absolute atomic E-state index is 12.9. The van der Waals surface area contributed by atoms with Gasteiger partial charge in [-0.1, -0.05) is 30.3 Å². The summed E-state index contributed by atoms with van der Waals surface area (Å²) in [6, 6.07) is 20.6. The quantitative estimate of drug-likeness (QED) is 0.474. The van der Waals surface area contributed by atoms with Crippen molar-refractivity contribution in [2.24, 2.45) is 0 Å². The van der Waals surface area contributed by atoms with Crippen molar-refractivity contribution in [3.05, 3.63) is 84.7 Å². The number of aromatic nitrogens is 2. The van der Waals surface area contributed by atoms with Gasteiger partial charge in [0.05, 0.1) is 30.4 Å². The van der Waals surface area contributed by atoms with Crippen LogP contribution in [0, 0.1) is 0 Å². The lowest BCUT2D eigenvalue weighted by Gasteiger charge is -2.12. The smallest absolute Gasteiger partial charge is 0.252 e. The Morgan fingerprint density at radius 2 is 1.80 bits per heavy atom. The van der Waals surface area contributed by atoms with Gasteiger partial charge in [-0.25, -0.2) is 4.98 Å². The minimum Gasteiger partial charge on any atom is -0.493 e. The molecule has 0 saturated carbocycles. The lowest BCUT2D eigenvalue weighted by Crippen LogP contribution is -2.28. The predicted octanol–water partition coefficient (Wildman–Crippen LogP) is 4.11. The van der Waals surface area contributed by atoms with Crippen molar-refractivity contribution >= 4 is 16.8 Å². The first-order chi connectivity index (χ1) is 14.8. The lowest BCUT2D eigenvalue weighted by atomic mass is 10.0. The van der Waals surface area contributed by atoms with Gasteiger partial charge < -0.3 is 14.8 Å². The van der Waals surface area contributed by atoms with Crippen molar-refractivity contribution in [2.45, 2.75) is 0 Å². The second-order valence-electron chi connectivity index (χ2n) is 6.57. The third kappa shape index (κ3) is 4.22. The van der Waals surface area contributed by atoms with E-state index in [9.17, 15) is 4.79 Å². The number of carbonyl (C=O) groups excluding carboxylic acids is 1. The molecule has 30 heavy (non-hydrogen) atoms. The maximum atomic E-state index is 12.9. The van der Waals surface area contributed by atoms with Gasteiger partial charge in [-0.05, 0) is 36.4 Å². The number of rotatable bonds is 7. The fourth-order valence-electron chi connectivity index (χ4n) is 3.18. The van der Waals surface area contributed by atoms with E-state index in [-0.39, 0.29) is 5.91 Å². The van der Waals surface area contributed by atoms with E-state index < -0.39 is 0 Å². The number of carbonyl (C=O) groups is 1. The summed E-state index contributed by atoms with van der Waals surface area (Å²) >= 11 is 0. The topological polar surface area (TPSA) is 73.3 Å². The van der Waals surface area contributed by atoms with Crippen LogP contribution in [0.1, 0.15) is 10.4 Å². The van der Waals surface area contributed by atoms with Gasteiger partial charge in [-0.15, -0.1) is 0 Å². The average Bonchev–Trinajstić information content (AvgIpc) is 2.81. The molecule has 1 amide bonds. The second kappa shape index (κ2) is 9.05. The molecule has 2 aromatic carbocycles. The number of amides is 1. The number of benzene rings is 2. The summed E-state index contributed by atoms with van der Waals surface area (Å²) in [5.41, 5.74) is 2.89. The van der Waals surface area contributed by atoms with Crippen LogP contribution in [0.5, 0.6) is 11.5 Å². The molecule has 0 unspecified atom stereocenters. The third-order valence-corrected chi connectivity index (χ3v) is 4.63. The minimum absolute atomic E-state index is 0.178.